The number of rotatable bonds is 6. The van der Waals surface area contributed by atoms with E-state index in [1.807, 2.05) is 42.5 Å². The Balaban J connectivity index is 1.57. The molecule has 1 aromatic heterocycles. The first-order chi connectivity index (χ1) is 15.1. The molecule has 0 radical (unpaired) electrons. The van der Waals surface area contributed by atoms with Crippen molar-refractivity contribution in [1.29, 1.82) is 0 Å². The van der Waals surface area contributed by atoms with Crippen LogP contribution in [0.2, 0.25) is 0 Å². The third-order valence-electron chi connectivity index (χ3n) is 5.35. The molecule has 160 valence electrons. The van der Waals surface area contributed by atoms with Crippen molar-refractivity contribution in [3.8, 4) is 0 Å². The van der Waals surface area contributed by atoms with Gasteiger partial charge in [-0.1, -0.05) is 37.3 Å². The lowest BCUT2D eigenvalue weighted by Crippen LogP contribution is -2.33. The first-order valence-corrected chi connectivity index (χ1v) is 11.2. The second kappa shape index (κ2) is 9.58. The fourth-order valence-electron chi connectivity index (χ4n) is 3.94. The molecule has 1 aliphatic heterocycles. The van der Waals surface area contributed by atoms with E-state index >= 15 is 0 Å². The number of hydrogen-bond acceptors (Lipinski definition) is 5. The van der Waals surface area contributed by atoms with Gasteiger partial charge in [-0.3, -0.25) is 14.7 Å². The van der Waals surface area contributed by atoms with Gasteiger partial charge in [0.15, 0.2) is 6.61 Å². The van der Waals surface area contributed by atoms with E-state index in [1.54, 1.807) is 6.07 Å². The molecule has 0 saturated carbocycles. The first kappa shape index (κ1) is 21.5. The lowest BCUT2D eigenvalue weighted by molar-refractivity contribution is -0.119. The molecule has 0 saturated heterocycles. The fourth-order valence-corrected chi connectivity index (χ4v) is 4.32. The Bertz CT molecular complexity index is 1130. The third kappa shape index (κ3) is 4.78. The van der Waals surface area contributed by atoms with Gasteiger partial charge in [0.05, 0.1) is 16.8 Å². The van der Waals surface area contributed by atoms with E-state index in [0.717, 1.165) is 52.6 Å². The van der Waals surface area contributed by atoms with Gasteiger partial charge in [-0.25, -0.2) is 4.79 Å². The zero-order chi connectivity index (χ0) is 21.8. The standard InChI is InChI=1S/C24H24BrN3O3/c1-2-12-28-13-11-20-17(14-28)23(16-7-3-5-9-19(16)26-20)24(30)31-15-22(29)27-21-10-6-4-8-18(21)25/h3-10H,2,11-15H2,1H3,(H,27,29). The number of nitrogens with zero attached hydrogens (tertiary/aromatic N) is 2. The minimum Gasteiger partial charge on any atom is -0.452 e. The second-order valence-corrected chi connectivity index (χ2v) is 8.41. The lowest BCUT2D eigenvalue weighted by atomic mass is 9.95. The van der Waals surface area contributed by atoms with Crippen molar-refractivity contribution in [2.24, 2.45) is 0 Å². The monoisotopic (exact) mass is 481 g/mol. The van der Waals surface area contributed by atoms with Gasteiger partial charge >= 0.3 is 5.97 Å². The van der Waals surface area contributed by atoms with Crippen molar-refractivity contribution in [2.75, 3.05) is 25.0 Å². The van der Waals surface area contributed by atoms with Crippen molar-refractivity contribution in [1.82, 2.24) is 9.88 Å². The zero-order valence-corrected chi connectivity index (χ0v) is 18.9. The van der Waals surface area contributed by atoms with E-state index in [2.05, 4.69) is 33.1 Å². The molecule has 4 rings (SSSR count). The predicted octanol–water partition coefficient (Wildman–Crippen LogP) is 4.56. The average Bonchev–Trinajstić information content (AvgIpc) is 2.77. The number of nitrogens with one attached hydrogen (secondary N) is 1. The minimum absolute atomic E-state index is 0.357. The SMILES string of the molecule is CCCN1CCc2nc3ccccc3c(C(=O)OCC(=O)Nc3ccccc3Br)c2C1. The summed E-state index contributed by atoms with van der Waals surface area (Å²) < 4.78 is 6.22. The third-order valence-corrected chi connectivity index (χ3v) is 6.04. The van der Waals surface area contributed by atoms with Crippen LogP contribution in [0.5, 0.6) is 0 Å². The highest BCUT2D eigenvalue weighted by Gasteiger charge is 2.26. The van der Waals surface area contributed by atoms with Crippen molar-refractivity contribution >= 4 is 44.4 Å². The molecule has 6 nitrogen and oxygen atoms in total. The molecule has 0 bridgehead atoms. The number of halogens is 1. The number of anilines is 1. The van der Waals surface area contributed by atoms with E-state index in [0.29, 0.717) is 17.8 Å². The van der Waals surface area contributed by atoms with Gasteiger partial charge in [0.2, 0.25) is 0 Å². The summed E-state index contributed by atoms with van der Waals surface area (Å²) in [5.41, 5.74) is 3.78. The maximum Gasteiger partial charge on any atom is 0.339 e. The molecule has 2 aromatic carbocycles. The van der Waals surface area contributed by atoms with Crippen LogP contribution in [0.4, 0.5) is 5.69 Å². The van der Waals surface area contributed by atoms with Crippen LogP contribution >= 0.6 is 15.9 Å². The van der Waals surface area contributed by atoms with Gasteiger partial charge in [-0.15, -0.1) is 0 Å². The highest BCUT2D eigenvalue weighted by molar-refractivity contribution is 9.10. The molecule has 0 spiro atoms. The highest BCUT2D eigenvalue weighted by Crippen LogP contribution is 2.29. The summed E-state index contributed by atoms with van der Waals surface area (Å²) in [6.07, 6.45) is 1.84. The summed E-state index contributed by atoms with van der Waals surface area (Å²) in [5, 5.41) is 3.52. The molecule has 3 aromatic rings. The predicted molar refractivity (Wildman–Crippen MR) is 124 cm³/mol. The molecular weight excluding hydrogens is 458 g/mol. The Labute approximate surface area is 189 Å². The van der Waals surface area contributed by atoms with Gasteiger partial charge in [-0.2, -0.15) is 0 Å². The van der Waals surface area contributed by atoms with Gasteiger partial charge < -0.3 is 10.1 Å². The molecule has 1 N–H and O–H groups in total. The molecular formula is C24H24BrN3O3. The molecule has 0 fully saturated rings. The Morgan fingerprint density at radius 3 is 2.74 bits per heavy atom. The molecule has 2 heterocycles. The van der Waals surface area contributed by atoms with E-state index < -0.39 is 5.97 Å². The van der Waals surface area contributed by atoms with E-state index in [1.165, 1.54) is 0 Å². The van der Waals surface area contributed by atoms with Gasteiger partial charge in [0, 0.05) is 40.6 Å². The number of carbonyl (C=O) groups excluding carboxylic acids is 2. The van der Waals surface area contributed by atoms with Crippen molar-refractivity contribution < 1.29 is 14.3 Å². The van der Waals surface area contributed by atoms with Crippen molar-refractivity contribution in [2.45, 2.75) is 26.3 Å². The number of benzene rings is 2. The normalized spacial score (nSPS) is 13.6. The van der Waals surface area contributed by atoms with Crippen LogP contribution in [-0.4, -0.2) is 41.5 Å². The van der Waals surface area contributed by atoms with Crippen LogP contribution in [0.1, 0.15) is 35.0 Å². The zero-order valence-electron chi connectivity index (χ0n) is 17.4. The first-order valence-electron chi connectivity index (χ1n) is 10.4. The number of para-hydroxylation sites is 2. The van der Waals surface area contributed by atoms with Crippen molar-refractivity contribution in [3.05, 3.63) is 69.8 Å². The molecule has 7 heteroatoms. The summed E-state index contributed by atoms with van der Waals surface area (Å²) in [5.74, 6) is -0.879. The largest absolute Gasteiger partial charge is 0.452 e. The van der Waals surface area contributed by atoms with Gasteiger partial charge in [0.1, 0.15) is 0 Å². The lowest BCUT2D eigenvalue weighted by Gasteiger charge is -2.29. The maximum atomic E-state index is 13.2. The summed E-state index contributed by atoms with van der Waals surface area (Å²) >= 11 is 3.39. The molecule has 1 amide bonds. The number of fused-ring (bicyclic) bond motifs is 2. The molecule has 31 heavy (non-hydrogen) atoms. The summed E-state index contributed by atoms with van der Waals surface area (Å²) in [7, 11) is 0. The van der Waals surface area contributed by atoms with Crippen LogP contribution in [0, 0.1) is 0 Å². The number of amides is 1. The van der Waals surface area contributed by atoms with Crippen LogP contribution < -0.4 is 5.32 Å². The fraction of sp³-hybridized carbons (Fsp3) is 0.292. The highest BCUT2D eigenvalue weighted by atomic mass is 79.9. The minimum atomic E-state index is -0.490. The van der Waals surface area contributed by atoms with Gasteiger partial charge in [-0.05, 0) is 47.1 Å². The summed E-state index contributed by atoms with van der Waals surface area (Å²) in [6.45, 7) is 4.34. The quantitative estimate of drug-likeness (QED) is 0.522. The van der Waals surface area contributed by atoms with E-state index in [-0.39, 0.29) is 12.5 Å². The Hall–Kier alpha value is -2.77. The van der Waals surface area contributed by atoms with Crippen LogP contribution in [-0.2, 0) is 22.5 Å². The van der Waals surface area contributed by atoms with Gasteiger partial charge in [0.25, 0.3) is 5.91 Å². The van der Waals surface area contributed by atoms with Crippen LogP contribution in [0.15, 0.2) is 53.0 Å². The summed E-state index contributed by atoms with van der Waals surface area (Å²) in [4.78, 5) is 32.6. The smallest absolute Gasteiger partial charge is 0.339 e. The molecule has 0 unspecified atom stereocenters. The Morgan fingerprint density at radius 2 is 1.94 bits per heavy atom. The number of hydrogen-bond donors (Lipinski definition) is 1. The number of carbonyl (C=O) groups is 2. The Kier molecular flexibility index (Phi) is 6.63. The van der Waals surface area contributed by atoms with Crippen LogP contribution in [0.25, 0.3) is 10.9 Å². The summed E-state index contributed by atoms with van der Waals surface area (Å²) in [6, 6.07) is 14.9. The van der Waals surface area contributed by atoms with E-state index in [9.17, 15) is 9.59 Å². The molecule has 0 aliphatic carbocycles. The second-order valence-electron chi connectivity index (χ2n) is 7.56. The van der Waals surface area contributed by atoms with E-state index in [4.69, 9.17) is 9.72 Å². The molecule has 0 atom stereocenters. The van der Waals surface area contributed by atoms with Crippen LogP contribution in [0.3, 0.4) is 0 Å². The number of pyridine rings is 1. The Morgan fingerprint density at radius 1 is 1.16 bits per heavy atom. The number of ether oxygens (including phenoxy) is 1. The topological polar surface area (TPSA) is 71.5 Å². The average molecular weight is 482 g/mol. The van der Waals surface area contributed by atoms with Crippen molar-refractivity contribution in [3.63, 3.8) is 0 Å². The number of aromatic nitrogens is 1. The maximum absolute atomic E-state index is 13.2. The molecule has 1 aliphatic rings. The number of esters is 1.